The molecule has 0 N–H and O–H groups in total. The molecule has 29 heavy (non-hydrogen) atoms. The number of furan rings is 1. The number of aromatic nitrogens is 2. The van der Waals surface area contributed by atoms with E-state index < -0.39 is 10.0 Å². The van der Waals surface area contributed by atoms with Crippen LogP contribution in [0.1, 0.15) is 5.56 Å². The Morgan fingerprint density at radius 1 is 1.17 bits per heavy atom. The smallest absolute Gasteiger partial charge is 0.294 e. The Balaban J connectivity index is 1.54. The number of hydrogen-bond donors (Lipinski definition) is 0. The van der Waals surface area contributed by atoms with Gasteiger partial charge in [0, 0.05) is 24.0 Å². The van der Waals surface area contributed by atoms with Crippen molar-refractivity contribution in [3.05, 3.63) is 41.3 Å². The molecule has 1 fully saturated rings. The van der Waals surface area contributed by atoms with E-state index in [2.05, 4.69) is 10.1 Å². The maximum Gasteiger partial charge on any atom is 0.294 e. The Morgan fingerprint density at radius 3 is 2.76 bits per heavy atom. The molecule has 1 aliphatic heterocycles. The van der Waals surface area contributed by atoms with E-state index in [1.165, 1.54) is 15.6 Å². The summed E-state index contributed by atoms with van der Waals surface area (Å²) >= 11 is 1.52. The third-order valence-corrected chi connectivity index (χ3v) is 7.64. The highest BCUT2D eigenvalue weighted by Crippen LogP contribution is 2.35. The lowest BCUT2D eigenvalue weighted by molar-refractivity contribution is 0.0730. The number of benzene rings is 1. The maximum absolute atomic E-state index is 13.0. The van der Waals surface area contributed by atoms with Crippen LogP contribution in [0.5, 0.6) is 0 Å². The number of ether oxygens (including phenoxy) is 1. The number of hydrogen-bond acceptors (Lipinski definition) is 8. The van der Waals surface area contributed by atoms with Crippen molar-refractivity contribution < 1.29 is 22.1 Å². The second-order valence-corrected chi connectivity index (χ2v) is 9.52. The average Bonchev–Trinajstić information content (AvgIpc) is 3.48. The zero-order valence-electron chi connectivity index (χ0n) is 15.5. The number of morpholine rings is 1. The number of nitrogens with zero attached hydrogens (tertiary/aromatic N) is 3. The molecule has 0 atom stereocenters. The van der Waals surface area contributed by atoms with Gasteiger partial charge >= 0.3 is 0 Å². The molecule has 0 radical (unpaired) electrons. The first-order chi connectivity index (χ1) is 14.0. The van der Waals surface area contributed by atoms with Crippen molar-refractivity contribution in [2.75, 3.05) is 26.3 Å². The first-order valence-corrected chi connectivity index (χ1v) is 11.3. The highest BCUT2D eigenvalue weighted by atomic mass is 32.2. The third kappa shape index (κ3) is 3.18. The van der Waals surface area contributed by atoms with E-state index in [9.17, 15) is 8.42 Å². The molecule has 5 rings (SSSR count). The SMILES string of the molecule is Cc1c(-c2nc(-c3cccs3)no2)oc2ccc(S(=O)(=O)N3CCOCC3)cc12. The Morgan fingerprint density at radius 2 is 2.00 bits per heavy atom. The molecule has 4 heterocycles. The van der Waals surface area contributed by atoms with Gasteiger partial charge in [-0.1, -0.05) is 11.2 Å². The molecule has 4 aromatic rings. The largest absolute Gasteiger partial charge is 0.451 e. The molecule has 8 nitrogen and oxygen atoms in total. The minimum Gasteiger partial charge on any atom is -0.451 e. The summed E-state index contributed by atoms with van der Waals surface area (Å²) in [7, 11) is -3.59. The van der Waals surface area contributed by atoms with E-state index in [0.29, 0.717) is 48.9 Å². The molecule has 1 aromatic carbocycles. The van der Waals surface area contributed by atoms with Crippen LogP contribution in [0, 0.1) is 6.92 Å². The van der Waals surface area contributed by atoms with Crippen LogP contribution in [0.2, 0.25) is 0 Å². The Labute approximate surface area is 170 Å². The van der Waals surface area contributed by atoms with Crippen LogP contribution in [0.3, 0.4) is 0 Å². The van der Waals surface area contributed by atoms with E-state index in [4.69, 9.17) is 13.7 Å². The molecule has 3 aromatic heterocycles. The van der Waals surface area contributed by atoms with Crippen LogP contribution < -0.4 is 0 Å². The van der Waals surface area contributed by atoms with Gasteiger partial charge in [-0.15, -0.1) is 11.3 Å². The lowest BCUT2D eigenvalue weighted by Gasteiger charge is -2.26. The average molecular weight is 431 g/mol. The van der Waals surface area contributed by atoms with Crippen molar-refractivity contribution >= 4 is 32.3 Å². The molecule has 1 saturated heterocycles. The van der Waals surface area contributed by atoms with Crippen molar-refractivity contribution in [1.29, 1.82) is 0 Å². The normalized spacial score (nSPS) is 15.9. The van der Waals surface area contributed by atoms with Crippen LogP contribution in [0.25, 0.3) is 33.3 Å². The van der Waals surface area contributed by atoms with Crippen LogP contribution in [-0.4, -0.2) is 49.2 Å². The summed E-state index contributed by atoms with van der Waals surface area (Å²) in [4.78, 5) is 5.55. The van der Waals surface area contributed by atoms with Gasteiger partial charge in [0.25, 0.3) is 5.89 Å². The van der Waals surface area contributed by atoms with E-state index in [1.54, 1.807) is 18.2 Å². The van der Waals surface area contributed by atoms with Crippen LogP contribution in [0.15, 0.2) is 49.5 Å². The third-order valence-electron chi connectivity index (χ3n) is 4.88. The van der Waals surface area contributed by atoms with Crippen LogP contribution in [0.4, 0.5) is 0 Å². The number of fused-ring (bicyclic) bond motifs is 1. The first kappa shape index (κ1) is 18.5. The van der Waals surface area contributed by atoms with Gasteiger partial charge in [0.15, 0.2) is 5.76 Å². The highest BCUT2D eigenvalue weighted by molar-refractivity contribution is 7.89. The number of rotatable bonds is 4. The Bertz CT molecular complexity index is 1270. The second kappa shape index (κ2) is 7.06. The van der Waals surface area contributed by atoms with Gasteiger partial charge in [-0.2, -0.15) is 9.29 Å². The summed E-state index contributed by atoms with van der Waals surface area (Å²) in [5.74, 6) is 1.20. The lowest BCUT2D eigenvalue weighted by atomic mass is 10.1. The molecular weight excluding hydrogens is 414 g/mol. The van der Waals surface area contributed by atoms with Crippen molar-refractivity contribution in [2.24, 2.45) is 0 Å². The van der Waals surface area contributed by atoms with Gasteiger partial charge in [-0.05, 0) is 36.6 Å². The Hall–Kier alpha value is -2.53. The summed E-state index contributed by atoms with van der Waals surface area (Å²) in [6, 6.07) is 8.69. The fourth-order valence-corrected chi connectivity index (χ4v) is 5.41. The molecule has 10 heteroatoms. The Kier molecular flexibility index (Phi) is 4.50. The summed E-state index contributed by atoms with van der Waals surface area (Å²) in [6.07, 6.45) is 0. The van der Waals surface area contributed by atoms with Gasteiger partial charge in [-0.3, -0.25) is 0 Å². The number of thiophene rings is 1. The fraction of sp³-hybridized carbons (Fsp3) is 0.263. The lowest BCUT2D eigenvalue weighted by Crippen LogP contribution is -2.40. The zero-order chi connectivity index (χ0) is 20.0. The summed E-state index contributed by atoms with van der Waals surface area (Å²) in [5.41, 5.74) is 1.31. The molecule has 0 aliphatic carbocycles. The summed E-state index contributed by atoms with van der Waals surface area (Å²) in [5, 5.41) is 6.65. The highest BCUT2D eigenvalue weighted by Gasteiger charge is 2.28. The fourth-order valence-electron chi connectivity index (χ4n) is 3.32. The maximum atomic E-state index is 13.0. The topological polar surface area (TPSA) is 98.7 Å². The van der Waals surface area contributed by atoms with E-state index in [-0.39, 0.29) is 10.8 Å². The molecule has 0 amide bonds. The van der Waals surface area contributed by atoms with Crippen molar-refractivity contribution in [3.63, 3.8) is 0 Å². The summed E-state index contributed by atoms with van der Waals surface area (Å²) in [6.45, 7) is 3.36. The summed E-state index contributed by atoms with van der Waals surface area (Å²) < 4.78 is 43.9. The van der Waals surface area contributed by atoms with Gasteiger partial charge in [0.1, 0.15) is 5.58 Å². The first-order valence-electron chi connectivity index (χ1n) is 9.03. The minimum atomic E-state index is -3.59. The molecule has 150 valence electrons. The van der Waals surface area contributed by atoms with Gasteiger partial charge in [0.2, 0.25) is 15.8 Å². The predicted octanol–water partition coefficient (Wildman–Crippen LogP) is 3.54. The molecule has 0 saturated carbocycles. The number of aryl methyl sites for hydroxylation is 1. The van der Waals surface area contributed by atoms with Crippen molar-refractivity contribution in [2.45, 2.75) is 11.8 Å². The molecular formula is C19H17N3O5S2. The van der Waals surface area contributed by atoms with E-state index >= 15 is 0 Å². The standard InChI is InChI=1S/C19H17N3O5S2/c1-12-14-11-13(29(23,24)22-6-8-25-9-7-22)4-5-15(14)26-17(12)19-20-18(21-27-19)16-3-2-10-28-16/h2-5,10-11H,6-9H2,1H3. The monoisotopic (exact) mass is 431 g/mol. The van der Waals surface area contributed by atoms with E-state index in [0.717, 1.165) is 10.4 Å². The van der Waals surface area contributed by atoms with Gasteiger partial charge < -0.3 is 13.7 Å². The zero-order valence-corrected chi connectivity index (χ0v) is 17.1. The molecule has 0 unspecified atom stereocenters. The molecule has 1 aliphatic rings. The van der Waals surface area contributed by atoms with Gasteiger partial charge in [-0.25, -0.2) is 8.42 Å². The number of sulfonamides is 1. The minimum absolute atomic E-state index is 0.229. The van der Waals surface area contributed by atoms with Gasteiger partial charge in [0.05, 0.1) is 23.0 Å². The second-order valence-electron chi connectivity index (χ2n) is 6.63. The van der Waals surface area contributed by atoms with Crippen LogP contribution >= 0.6 is 11.3 Å². The van der Waals surface area contributed by atoms with E-state index in [1.807, 2.05) is 24.4 Å². The predicted molar refractivity (Wildman–Crippen MR) is 107 cm³/mol. The van der Waals surface area contributed by atoms with Crippen LogP contribution in [-0.2, 0) is 14.8 Å². The quantitative estimate of drug-likeness (QED) is 0.487. The molecule has 0 bridgehead atoms. The van der Waals surface area contributed by atoms with Crippen molar-refractivity contribution in [1.82, 2.24) is 14.4 Å². The molecule has 0 spiro atoms. The van der Waals surface area contributed by atoms with Crippen molar-refractivity contribution in [3.8, 4) is 22.4 Å².